The Hall–Kier alpha value is -2.20. The van der Waals surface area contributed by atoms with Crippen molar-refractivity contribution in [1.82, 2.24) is 0 Å². The summed E-state index contributed by atoms with van der Waals surface area (Å²) in [6.45, 7) is 5.00. The zero-order valence-corrected chi connectivity index (χ0v) is 16.1. The highest BCUT2D eigenvalue weighted by molar-refractivity contribution is 5.65. The molecule has 0 atom stereocenters. The van der Waals surface area contributed by atoms with Crippen molar-refractivity contribution in [1.29, 1.82) is 0 Å². The van der Waals surface area contributed by atoms with E-state index in [0.29, 0.717) is 12.5 Å². The number of rotatable bonds is 5. The molecule has 0 unspecified atom stereocenters. The maximum Gasteiger partial charge on any atom is 0.119 e. The standard InChI is InChI=1S/C25H30O/c1-3-5-20-6-8-21(9-7-20)10-11-22-12-14-23(15-13-22)24-16-18-25(19-17-24)26-4-2/h12-21H,3-9H2,1-2H3/t20-,21-. The Kier molecular flexibility index (Phi) is 6.78. The Morgan fingerprint density at radius 2 is 1.46 bits per heavy atom. The van der Waals surface area contributed by atoms with E-state index in [1.807, 2.05) is 19.1 Å². The lowest BCUT2D eigenvalue weighted by atomic mass is 9.80. The van der Waals surface area contributed by atoms with E-state index >= 15 is 0 Å². The first-order valence-corrected chi connectivity index (χ1v) is 10.1. The van der Waals surface area contributed by atoms with Gasteiger partial charge in [-0.3, -0.25) is 0 Å². The minimum Gasteiger partial charge on any atom is -0.494 e. The predicted molar refractivity (Wildman–Crippen MR) is 110 cm³/mol. The van der Waals surface area contributed by atoms with Gasteiger partial charge in [-0.1, -0.05) is 55.9 Å². The molecule has 0 bridgehead atoms. The Labute approximate surface area is 158 Å². The molecule has 0 saturated heterocycles. The summed E-state index contributed by atoms with van der Waals surface area (Å²) in [5.74, 6) is 9.38. The fraction of sp³-hybridized carbons (Fsp3) is 0.440. The minimum atomic E-state index is 0.592. The van der Waals surface area contributed by atoms with Gasteiger partial charge in [0, 0.05) is 11.5 Å². The van der Waals surface area contributed by atoms with Crippen LogP contribution < -0.4 is 4.74 Å². The van der Waals surface area contributed by atoms with E-state index in [-0.39, 0.29) is 0 Å². The summed E-state index contributed by atoms with van der Waals surface area (Å²) in [6.07, 6.45) is 8.01. The van der Waals surface area contributed by atoms with Gasteiger partial charge in [-0.05, 0) is 73.9 Å². The molecule has 0 heterocycles. The molecule has 1 aliphatic rings. The first-order valence-electron chi connectivity index (χ1n) is 10.1. The molecule has 0 radical (unpaired) electrons. The number of hydrogen-bond donors (Lipinski definition) is 0. The average molecular weight is 347 g/mol. The van der Waals surface area contributed by atoms with E-state index in [2.05, 4.69) is 55.2 Å². The molecule has 0 amide bonds. The Bertz CT molecular complexity index is 722. The van der Waals surface area contributed by atoms with Gasteiger partial charge in [-0.15, -0.1) is 0 Å². The molecule has 1 nitrogen and oxygen atoms in total. The van der Waals surface area contributed by atoms with Crippen molar-refractivity contribution in [2.75, 3.05) is 6.61 Å². The largest absolute Gasteiger partial charge is 0.494 e. The van der Waals surface area contributed by atoms with Crippen molar-refractivity contribution in [3.63, 3.8) is 0 Å². The molecule has 0 N–H and O–H groups in total. The Morgan fingerprint density at radius 3 is 2.04 bits per heavy atom. The van der Waals surface area contributed by atoms with Gasteiger partial charge in [0.05, 0.1) is 6.61 Å². The lowest BCUT2D eigenvalue weighted by Crippen LogP contribution is -2.13. The monoisotopic (exact) mass is 346 g/mol. The van der Waals surface area contributed by atoms with Gasteiger partial charge < -0.3 is 4.74 Å². The van der Waals surface area contributed by atoms with Gasteiger partial charge in [-0.2, -0.15) is 0 Å². The maximum atomic E-state index is 5.51. The zero-order valence-electron chi connectivity index (χ0n) is 16.1. The van der Waals surface area contributed by atoms with Crippen LogP contribution in [0.5, 0.6) is 5.75 Å². The normalized spacial score (nSPS) is 19.5. The summed E-state index contributed by atoms with van der Waals surface area (Å²) in [5.41, 5.74) is 3.55. The lowest BCUT2D eigenvalue weighted by molar-refractivity contribution is 0.300. The Morgan fingerprint density at radius 1 is 0.846 bits per heavy atom. The summed E-state index contributed by atoms with van der Waals surface area (Å²) in [7, 11) is 0. The zero-order chi connectivity index (χ0) is 18.2. The van der Waals surface area contributed by atoms with E-state index in [9.17, 15) is 0 Å². The first-order chi connectivity index (χ1) is 12.8. The maximum absolute atomic E-state index is 5.51. The van der Waals surface area contributed by atoms with Crippen molar-refractivity contribution in [3.05, 3.63) is 54.1 Å². The van der Waals surface area contributed by atoms with Gasteiger partial charge in [0.1, 0.15) is 5.75 Å². The molecule has 1 aliphatic carbocycles. The third-order valence-electron chi connectivity index (χ3n) is 5.35. The van der Waals surface area contributed by atoms with Crippen molar-refractivity contribution in [2.45, 2.75) is 52.4 Å². The quantitative estimate of drug-likeness (QED) is 0.547. The van der Waals surface area contributed by atoms with Gasteiger partial charge >= 0.3 is 0 Å². The van der Waals surface area contributed by atoms with Crippen LogP contribution in [0.1, 0.15) is 57.9 Å². The molecule has 26 heavy (non-hydrogen) atoms. The number of ether oxygens (including phenoxy) is 1. The van der Waals surface area contributed by atoms with Gasteiger partial charge in [0.2, 0.25) is 0 Å². The fourth-order valence-electron chi connectivity index (χ4n) is 3.85. The average Bonchev–Trinajstić information content (AvgIpc) is 2.69. The molecule has 1 heteroatoms. The highest BCUT2D eigenvalue weighted by Gasteiger charge is 2.18. The molecule has 2 aromatic rings. The summed E-state index contributed by atoms with van der Waals surface area (Å²) >= 11 is 0. The predicted octanol–water partition coefficient (Wildman–Crippen LogP) is 6.71. The minimum absolute atomic E-state index is 0.592. The third kappa shape index (κ3) is 5.15. The molecular weight excluding hydrogens is 316 g/mol. The van der Waals surface area contributed by atoms with Crippen molar-refractivity contribution >= 4 is 0 Å². The van der Waals surface area contributed by atoms with Crippen molar-refractivity contribution in [3.8, 4) is 28.7 Å². The molecular formula is C25H30O. The van der Waals surface area contributed by atoms with Gasteiger partial charge in [0.25, 0.3) is 0 Å². The van der Waals surface area contributed by atoms with E-state index in [0.717, 1.165) is 17.2 Å². The van der Waals surface area contributed by atoms with E-state index in [1.54, 1.807) is 0 Å². The molecule has 1 saturated carbocycles. The summed E-state index contributed by atoms with van der Waals surface area (Å²) in [6, 6.07) is 16.9. The summed E-state index contributed by atoms with van der Waals surface area (Å²) in [5, 5.41) is 0. The van der Waals surface area contributed by atoms with Crippen LogP contribution in [0, 0.1) is 23.7 Å². The van der Waals surface area contributed by atoms with Crippen LogP contribution in [-0.2, 0) is 0 Å². The second-order valence-corrected chi connectivity index (χ2v) is 7.31. The van der Waals surface area contributed by atoms with Gasteiger partial charge in [0.15, 0.2) is 0 Å². The number of benzene rings is 2. The second kappa shape index (κ2) is 9.48. The molecule has 2 aromatic carbocycles. The van der Waals surface area contributed by atoms with Crippen LogP contribution >= 0.6 is 0 Å². The number of hydrogen-bond acceptors (Lipinski definition) is 1. The van der Waals surface area contributed by atoms with Crippen LogP contribution in [0.4, 0.5) is 0 Å². The molecule has 0 spiro atoms. The van der Waals surface area contributed by atoms with Crippen molar-refractivity contribution in [2.24, 2.45) is 11.8 Å². The van der Waals surface area contributed by atoms with E-state index in [4.69, 9.17) is 4.74 Å². The second-order valence-electron chi connectivity index (χ2n) is 7.31. The molecule has 136 valence electrons. The molecule has 3 rings (SSSR count). The third-order valence-corrected chi connectivity index (χ3v) is 5.35. The topological polar surface area (TPSA) is 9.23 Å². The van der Waals surface area contributed by atoms with E-state index in [1.165, 1.54) is 49.7 Å². The SMILES string of the molecule is CCC[C@H]1CC[C@H](C#Cc2ccc(-c3ccc(OCC)cc3)cc2)CC1. The lowest BCUT2D eigenvalue weighted by Gasteiger charge is -2.25. The molecule has 1 fully saturated rings. The summed E-state index contributed by atoms with van der Waals surface area (Å²) in [4.78, 5) is 0. The highest BCUT2D eigenvalue weighted by atomic mass is 16.5. The molecule has 0 aromatic heterocycles. The van der Waals surface area contributed by atoms with Crippen LogP contribution in [0.15, 0.2) is 48.5 Å². The Balaban J connectivity index is 1.58. The van der Waals surface area contributed by atoms with E-state index < -0.39 is 0 Å². The van der Waals surface area contributed by atoms with Crippen LogP contribution in [0.2, 0.25) is 0 Å². The van der Waals surface area contributed by atoms with Crippen molar-refractivity contribution < 1.29 is 4.74 Å². The van der Waals surface area contributed by atoms with Crippen LogP contribution in [-0.4, -0.2) is 6.61 Å². The smallest absolute Gasteiger partial charge is 0.119 e. The molecule has 0 aliphatic heterocycles. The van der Waals surface area contributed by atoms with Crippen LogP contribution in [0.25, 0.3) is 11.1 Å². The summed E-state index contributed by atoms with van der Waals surface area (Å²) < 4.78 is 5.51. The highest BCUT2D eigenvalue weighted by Crippen LogP contribution is 2.31. The first kappa shape index (κ1) is 18.6. The fourth-order valence-corrected chi connectivity index (χ4v) is 3.85. The van der Waals surface area contributed by atoms with Gasteiger partial charge in [-0.25, -0.2) is 0 Å². The van der Waals surface area contributed by atoms with Crippen LogP contribution in [0.3, 0.4) is 0 Å².